The Labute approximate surface area is 188 Å². The van der Waals surface area contributed by atoms with E-state index in [0.29, 0.717) is 28.6 Å². The molecule has 0 amide bonds. The fourth-order valence-electron chi connectivity index (χ4n) is 4.59. The summed E-state index contributed by atoms with van der Waals surface area (Å²) >= 11 is 0. The minimum Gasteiger partial charge on any atom is -0.378 e. The number of benzene rings is 2. The Balaban J connectivity index is 2.02. The van der Waals surface area contributed by atoms with Gasteiger partial charge in [-0.3, -0.25) is 4.57 Å². The van der Waals surface area contributed by atoms with Crippen molar-refractivity contribution in [3.05, 3.63) is 59.7 Å². The van der Waals surface area contributed by atoms with Crippen molar-refractivity contribution in [1.82, 2.24) is 0 Å². The molecule has 4 nitrogen and oxygen atoms in total. The molecular weight excluding hydrogens is 405 g/mol. The number of hydrogen-bond donors (Lipinski definition) is 1. The second-order valence-electron chi connectivity index (χ2n) is 9.76. The number of aliphatic hydroxyl groups is 1. The molecule has 1 saturated carbocycles. The van der Waals surface area contributed by atoms with Crippen molar-refractivity contribution < 1.29 is 14.2 Å². The molecule has 1 fully saturated rings. The normalized spacial score (nSPS) is 24.6. The number of rotatable bonds is 7. The molecule has 5 atom stereocenters. The van der Waals surface area contributed by atoms with Crippen LogP contribution < -0.4 is 10.2 Å². The van der Waals surface area contributed by atoms with Crippen molar-refractivity contribution in [2.45, 2.75) is 58.9 Å². The summed E-state index contributed by atoms with van der Waals surface area (Å²) in [6.45, 7) is 8.66. The molecule has 170 valence electrons. The van der Waals surface area contributed by atoms with Crippen molar-refractivity contribution in [3.63, 3.8) is 0 Å². The summed E-state index contributed by atoms with van der Waals surface area (Å²) in [7, 11) is 0.365. The first-order valence-corrected chi connectivity index (χ1v) is 13.1. The average molecular weight is 444 g/mol. The lowest BCUT2D eigenvalue weighted by atomic mass is 9.75. The Morgan fingerprint density at radius 3 is 2.19 bits per heavy atom. The molecule has 1 aliphatic carbocycles. The average Bonchev–Trinajstić information content (AvgIpc) is 2.73. The Kier molecular flexibility index (Phi) is 7.68. The van der Waals surface area contributed by atoms with Gasteiger partial charge in [0.25, 0.3) is 7.37 Å². The van der Waals surface area contributed by atoms with Crippen molar-refractivity contribution >= 4 is 18.4 Å². The summed E-state index contributed by atoms with van der Waals surface area (Å²) in [4.78, 5) is 2.00. The van der Waals surface area contributed by atoms with Crippen LogP contribution in [-0.4, -0.2) is 25.3 Å². The summed E-state index contributed by atoms with van der Waals surface area (Å²) in [5.41, 5.74) is 2.75. The fraction of sp³-hybridized carbons (Fsp3) is 0.538. The van der Waals surface area contributed by atoms with Gasteiger partial charge < -0.3 is 14.5 Å². The maximum absolute atomic E-state index is 14.5. The van der Waals surface area contributed by atoms with Crippen molar-refractivity contribution in [3.8, 4) is 0 Å². The largest absolute Gasteiger partial charge is 0.378 e. The highest BCUT2D eigenvalue weighted by Crippen LogP contribution is 2.60. The van der Waals surface area contributed by atoms with Crippen molar-refractivity contribution in [2.75, 3.05) is 19.0 Å². The van der Waals surface area contributed by atoms with Crippen LogP contribution in [0.4, 0.5) is 5.69 Å². The van der Waals surface area contributed by atoms with E-state index < -0.39 is 13.2 Å². The van der Waals surface area contributed by atoms with E-state index in [1.165, 1.54) is 6.42 Å². The van der Waals surface area contributed by atoms with Gasteiger partial charge >= 0.3 is 0 Å². The molecule has 0 saturated heterocycles. The molecule has 0 unspecified atom stereocenters. The second kappa shape index (κ2) is 9.90. The topological polar surface area (TPSA) is 49.8 Å². The lowest BCUT2D eigenvalue weighted by molar-refractivity contribution is 0.0427. The Hall–Kier alpha value is -1.61. The molecule has 0 aliphatic heterocycles. The van der Waals surface area contributed by atoms with E-state index in [-0.39, 0.29) is 6.10 Å². The number of aliphatic hydroxyl groups excluding tert-OH is 1. The summed E-state index contributed by atoms with van der Waals surface area (Å²) in [5, 5.41) is 12.0. The molecule has 2 aromatic rings. The van der Waals surface area contributed by atoms with Crippen molar-refractivity contribution in [1.29, 1.82) is 0 Å². The maximum Gasteiger partial charge on any atom is 0.264 e. The minimum absolute atomic E-state index is 0.122. The molecule has 31 heavy (non-hydrogen) atoms. The van der Waals surface area contributed by atoms with Crippen LogP contribution in [0.5, 0.6) is 0 Å². The number of aryl methyl sites for hydroxylation is 1. The Bertz CT molecular complexity index is 892. The first-order chi connectivity index (χ1) is 14.6. The van der Waals surface area contributed by atoms with Crippen LogP contribution in [0.2, 0.25) is 0 Å². The van der Waals surface area contributed by atoms with Crippen molar-refractivity contribution in [2.24, 2.45) is 17.8 Å². The fourth-order valence-corrected chi connectivity index (χ4v) is 6.88. The third-order valence-electron chi connectivity index (χ3n) is 6.68. The van der Waals surface area contributed by atoms with Crippen LogP contribution in [-0.2, 0) is 9.09 Å². The van der Waals surface area contributed by atoms with Gasteiger partial charge in [-0.2, -0.15) is 0 Å². The van der Waals surface area contributed by atoms with Gasteiger partial charge in [0.1, 0.15) is 0 Å². The van der Waals surface area contributed by atoms with Crippen LogP contribution >= 0.6 is 7.37 Å². The molecule has 0 radical (unpaired) electrons. The highest BCUT2D eigenvalue weighted by molar-refractivity contribution is 7.67. The zero-order valence-electron chi connectivity index (χ0n) is 19.8. The van der Waals surface area contributed by atoms with Gasteiger partial charge in [0.2, 0.25) is 0 Å². The van der Waals surface area contributed by atoms with Crippen LogP contribution in [0.15, 0.2) is 48.5 Å². The van der Waals surface area contributed by atoms with E-state index in [9.17, 15) is 9.67 Å². The molecule has 1 aliphatic rings. The first kappa shape index (κ1) is 24.0. The maximum atomic E-state index is 14.5. The van der Waals surface area contributed by atoms with Crippen LogP contribution in [0.1, 0.15) is 57.0 Å². The molecule has 3 rings (SSSR count). The molecular formula is C26H38NO3P. The quantitative estimate of drug-likeness (QED) is 0.523. The highest BCUT2D eigenvalue weighted by Gasteiger charge is 2.42. The summed E-state index contributed by atoms with van der Waals surface area (Å²) in [6, 6.07) is 15.2. The predicted molar refractivity (Wildman–Crippen MR) is 130 cm³/mol. The first-order valence-electron chi connectivity index (χ1n) is 11.4. The molecule has 0 bridgehead atoms. The number of hydrogen-bond acceptors (Lipinski definition) is 4. The molecule has 5 heteroatoms. The molecule has 2 aromatic carbocycles. The summed E-state index contributed by atoms with van der Waals surface area (Å²) in [5.74, 6) is 0.124. The van der Waals surface area contributed by atoms with Crippen LogP contribution in [0, 0.1) is 24.7 Å². The van der Waals surface area contributed by atoms with E-state index in [1.54, 1.807) is 0 Å². The number of anilines is 1. The second-order valence-corrected chi connectivity index (χ2v) is 12.2. The number of nitrogens with zero attached hydrogens (tertiary/aromatic N) is 1. The van der Waals surface area contributed by atoms with Gasteiger partial charge in [0.05, 0.1) is 6.10 Å². The molecule has 1 N–H and O–H groups in total. The van der Waals surface area contributed by atoms with E-state index >= 15 is 0 Å². The zero-order chi connectivity index (χ0) is 22.8. The van der Waals surface area contributed by atoms with E-state index in [4.69, 9.17) is 4.52 Å². The standard InChI is InChI=1S/C26H38NO3P/c1-18(2)24-16-9-20(4)17-25(24)30-31(29,23-14-12-22(13-15-23)27(5)6)26(28)21-10-7-19(3)8-11-21/h7-8,10-15,18,20,24-26,28H,9,16-17H2,1-6H3/t20-,24-,25-,26+,31+/m1/s1. The lowest BCUT2D eigenvalue weighted by Gasteiger charge is -2.40. The van der Waals surface area contributed by atoms with E-state index in [1.807, 2.05) is 74.4 Å². The van der Waals surface area contributed by atoms with Gasteiger partial charge in [0, 0.05) is 25.1 Å². The Morgan fingerprint density at radius 2 is 1.65 bits per heavy atom. The van der Waals surface area contributed by atoms with Crippen LogP contribution in [0.25, 0.3) is 0 Å². The minimum atomic E-state index is -3.58. The van der Waals surface area contributed by atoms with Gasteiger partial charge in [0.15, 0.2) is 5.85 Å². The summed E-state index contributed by atoms with van der Waals surface area (Å²) in [6.07, 6.45) is 3.00. The van der Waals surface area contributed by atoms with Gasteiger partial charge in [-0.25, -0.2) is 0 Å². The smallest absolute Gasteiger partial charge is 0.264 e. The highest BCUT2D eigenvalue weighted by atomic mass is 31.2. The Morgan fingerprint density at radius 1 is 1.03 bits per heavy atom. The van der Waals surface area contributed by atoms with Gasteiger partial charge in [-0.15, -0.1) is 0 Å². The van der Waals surface area contributed by atoms with E-state index in [2.05, 4.69) is 20.8 Å². The molecule has 0 aromatic heterocycles. The zero-order valence-corrected chi connectivity index (χ0v) is 20.7. The van der Waals surface area contributed by atoms with E-state index in [0.717, 1.165) is 24.1 Å². The molecule has 0 spiro atoms. The SMILES string of the molecule is Cc1ccc([C@@H](O)[P@@](=O)(O[C@@H]2C[C@H](C)CC[C@@H]2C(C)C)c2ccc(N(C)C)cc2)cc1. The summed E-state index contributed by atoms with van der Waals surface area (Å²) < 4.78 is 21.1. The predicted octanol–water partition coefficient (Wildman–Crippen LogP) is 6.13. The van der Waals surface area contributed by atoms with Gasteiger partial charge in [-0.05, 0) is 67.3 Å². The van der Waals surface area contributed by atoms with Crippen LogP contribution in [0.3, 0.4) is 0 Å². The third kappa shape index (κ3) is 5.42. The monoisotopic (exact) mass is 443 g/mol. The third-order valence-corrected chi connectivity index (χ3v) is 9.22. The molecule has 0 heterocycles. The lowest BCUT2D eigenvalue weighted by Crippen LogP contribution is -2.35. The van der Waals surface area contributed by atoms with Gasteiger partial charge in [-0.1, -0.05) is 57.0 Å².